The van der Waals surface area contributed by atoms with Gasteiger partial charge in [-0.25, -0.2) is 5.43 Å². The van der Waals surface area contributed by atoms with Crippen LogP contribution in [-0.2, 0) is 14.4 Å². The molecule has 0 radical (unpaired) electrons. The van der Waals surface area contributed by atoms with Gasteiger partial charge in [0.2, 0.25) is 5.91 Å². The van der Waals surface area contributed by atoms with Gasteiger partial charge in [-0.3, -0.25) is 20.2 Å². The van der Waals surface area contributed by atoms with Gasteiger partial charge < -0.3 is 21.7 Å². The Hall–Kier alpha value is -1.71. The quantitative estimate of drug-likeness (QED) is 0.222. The number of hydrogen-bond acceptors (Lipinski definition) is 6. The first kappa shape index (κ1) is 17.7. The van der Waals surface area contributed by atoms with E-state index in [4.69, 9.17) is 27.5 Å². The number of carboxylic acid groups (broad SMARTS) is 2. The van der Waals surface area contributed by atoms with Crippen LogP contribution >= 0.6 is 0 Å². The summed E-state index contributed by atoms with van der Waals surface area (Å²) in [6.07, 6.45) is 0.127. The van der Waals surface area contributed by atoms with Crippen molar-refractivity contribution in [3.63, 3.8) is 0 Å². The van der Waals surface area contributed by atoms with E-state index >= 15 is 0 Å². The zero-order valence-electron chi connectivity index (χ0n) is 9.42. The van der Waals surface area contributed by atoms with Crippen LogP contribution in [0, 0.1) is 0 Å². The summed E-state index contributed by atoms with van der Waals surface area (Å²) in [5.41, 5.74) is 11.7. The predicted octanol–water partition coefficient (Wildman–Crippen LogP) is -2.41. The van der Waals surface area contributed by atoms with Gasteiger partial charge in [0.05, 0.1) is 0 Å². The van der Waals surface area contributed by atoms with Gasteiger partial charge in [0.1, 0.15) is 12.1 Å². The van der Waals surface area contributed by atoms with Crippen LogP contribution in [0.1, 0.15) is 19.8 Å². The summed E-state index contributed by atoms with van der Waals surface area (Å²) in [7, 11) is 0. The molecule has 0 aliphatic heterocycles. The van der Waals surface area contributed by atoms with Crippen LogP contribution in [0.4, 0.5) is 0 Å². The Balaban J connectivity index is 0. The first-order chi connectivity index (χ1) is 7.72. The van der Waals surface area contributed by atoms with Crippen molar-refractivity contribution in [2.24, 2.45) is 17.3 Å². The zero-order chi connectivity index (χ0) is 14.0. The number of amides is 1. The fourth-order valence-electron chi connectivity index (χ4n) is 0.565. The van der Waals surface area contributed by atoms with E-state index in [0.717, 1.165) is 0 Å². The van der Waals surface area contributed by atoms with Crippen molar-refractivity contribution in [1.82, 2.24) is 5.43 Å². The summed E-state index contributed by atoms with van der Waals surface area (Å²) < 4.78 is 0. The monoisotopic (exact) mass is 250 g/mol. The Morgan fingerprint density at radius 2 is 1.65 bits per heavy atom. The molecular weight excluding hydrogens is 232 g/mol. The number of hydrogen-bond donors (Lipinski definition) is 6. The van der Waals surface area contributed by atoms with Crippen LogP contribution in [0.2, 0.25) is 0 Å². The van der Waals surface area contributed by atoms with E-state index in [9.17, 15) is 14.4 Å². The highest BCUT2D eigenvalue weighted by atomic mass is 16.4. The van der Waals surface area contributed by atoms with Gasteiger partial charge in [0, 0.05) is 6.42 Å². The minimum atomic E-state index is -1.09. The molecule has 0 fully saturated rings. The molecule has 0 heterocycles. The zero-order valence-corrected chi connectivity index (χ0v) is 9.42. The Morgan fingerprint density at radius 1 is 1.24 bits per heavy atom. The summed E-state index contributed by atoms with van der Waals surface area (Å²) >= 11 is 0. The third-order valence-electron chi connectivity index (χ3n) is 1.57. The van der Waals surface area contributed by atoms with Gasteiger partial charge in [-0.1, -0.05) is 0 Å². The highest BCUT2D eigenvalue weighted by Crippen LogP contribution is 1.94. The molecule has 0 bridgehead atoms. The number of nitrogens with one attached hydrogen (secondary N) is 1. The minimum Gasteiger partial charge on any atom is -0.480 e. The van der Waals surface area contributed by atoms with Crippen LogP contribution in [-0.4, -0.2) is 40.1 Å². The van der Waals surface area contributed by atoms with Crippen LogP contribution in [0.25, 0.3) is 0 Å². The molecule has 0 aliphatic rings. The SMILES string of the molecule is CC(N)C(=O)O.NN[C@@H](CCC(N)=O)C(=O)O. The number of rotatable bonds is 6. The maximum absolute atomic E-state index is 10.2. The molecule has 1 amide bonds. The summed E-state index contributed by atoms with van der Waals surface area (Å²) in [4.78, 5) is 30.0. The molecule has 0 rings (SSSR count). The van der Waals surface area contributed by atoms with Crippen LogP contribution in [0.3, 0.4) is 0 Å². The number of carbonyl (C=O) groups excluding carboxylic acids is 1. The normalized spacial score (nSPS) is 12.9. The molecule has 0 saturated heterocycles. The standard InChI is InChI=1S/C5H11N3O3.C3H7NO2/c6-4(9)2-1-3(8-7)5(10)11;1-2(4)3(5)6/h3,8H,1-2,7H2,(H2,6,9)(H,10,11);2H,4H2,1H3,(H,5,6)/t3-;/m0./s1. The summed E-state index contributed by atoms with van der Waals surface area (Å²) in [6.45, 7) is 1.42. The third kappa shape index (κ3) is 12.2. The number of aliphatic carboxylic acids is 2. The summed E-state index contributed by atoms with van der Waals surface area (Å²) in [6, 6.07) is -1.63. The van der Waals surface area contributed by atoms with E-state index in [1.165, 1.54) is 6.92 Å². The van der Waals surface area contributed by atoms with Crippen molar-refractivity contribution in [1.29, 1.82) is 0 Å². The van der Waals surface area contributed by atoms with Crippen molar-refractivity contribution in [2.75, 3.05) is 0 Å². The first-order valence-corrected chi connectivity index (χ1v) is 4.68. The van der Waals surface area contributed by atoms with Gasteiger partial charge in [-0.05, 0) is 13.3 Å². The van der Waals surface area contributed by atoms with Crippen molar-refractivity contribution >= 4 is 17.8 Å². The van der Waals surface area contributed by atoms with Crippen LogP contribution < -0.4 is 22.7 Å². The van der Waals surface area contributed by atoms with Gasteiger partial charge in [-0.15, -0.1) is 0 Å². The van der Waals surface area contributed by atoms with E-state index in [-0.39, 0.29) is 12.8 Å². The number of hydrazine groups is 1. The van der Waals surface area contributed by atoms with E-state index in [2.05, 4.69) is 0 Å². The highest BCUT2D eigenvalue weighted by Gasteiger charge is 2.15. The predicted molar refractivity (Wildman–Crippen MR) is 58.5 cm³/mol. The second-order valence-electron chi connectivity index (χ2n) is 3.19. The van der Waals surface area contributed by atoms with Crippen LogP contribution in [0.5, 0.6) is 0 Å². The van der Waals surface area contributed by atoms with Gasteiger partial charge >= 0.3 is 11.9 Å². The molecular formula is C8H18N4O5. The van der Waals surface area contributed by atoms with E-state index in [0.29, 0.717) is 0 Å². The maximum atomic E-state index is 10.2. The molecule has 1 unspecified atom stereocenters. The molecule has 17 heavy (non-hydrogen) atoms. The molecule has 2 atom stereocenters. The Morgan fingerprint density at radius 3 is 1.82 bits per heavy atom. The van der Waals surface area contributed by atoms with Crippen molar-refractivity contribution < 1.29 is 24.6 Å². The number of carboxylic acids is 2. The fraction of sp³-hybridized carbons (Fsp3) is 0.625. The molecule has 9 heteroatoms. The summed E-state index contributed by atoms with van der Waals surface area (Å²) in [5, 5.41) is 16.3. The Labute approximate surface area is 97.9 Å². The lowest BCUT2D eigenvalue weighted by Gasteiger charge is -2.07. The van der Waals surface area contributed by atoms with E-state index in [1.807, 2.05) is 5.43 Å². The van der Waals surface area contributed by atoms with Crippen molar-refractivity contribution in [3.8, 4) is 0 Å². The van der Waals surface area contributed by atoms with E-state index < -0.39 is 29.9 Å². The minimum absolute atomic E-state index is 0.0150. The smallest absolute Gasteiger partial charge is 0.322 e. The molecule has 9 nitrogen and oxygen atoms in total. The molecule has 9 N–H and O–H groups in total. The number of carbonyl (C=O) groups is 3. The topological polar surface area (TPSA) is 182 Å². The molecule has 0 saturated carbocycles. The molecule has 0 aromatic rings. The van der Waals surface area contributed by atoms with Crippen molar-refractivity contribution in [2.45, 2.75) is 31.8 Å². The largest absolute Gasteiger partial charge is 0.480 e. The molecule has 0 aromatic carbocycles. The Kier molecular flexibility index (Phi) is 9.89. The first-order valence-electron chi connectivity index (χ1n) is 4.68. The fourth-order valence-corrected chi connectivity index (χ4v) is 0.565. The third-order valence-corrected chi connectivity index (χ3v) is 1.57. The van der Waals surface area contributed by atoms with Gasteiger partial charge in [0.15, 0.2) is 0 Å². The van der Waals surface area contributed by atoms with Crippen LogP contribution in [0.15, 0.2) is 0 Å². The molecule has 100 valence electrons. The molecule has 0 aliphatic carbocycles. The van der Waals surface area contributed by atoms with E-state index in [1.54, 1.807) is 0 Å². The number of nitrogens with two attached hydrogens (primary N) is 3. The molecule has 0 spiro atoms. The average Bonchev–Trinajstić information content (AvgIpc) is 2.18. The summed E-state index contributed by atoms with van der Waals surface area (Å²) in [5.74, 6) is 2.29. The maximum Gasteiger partial charge on any atom is 0.322 e. The lowest BCUT2D eigenvalue weighted by atomic mass is 10.1. The van der Waals surface area contributed by atoms with Gasteiger partial charge in [0.25, 0.3) is 0 Å². The average molecular weight is 250 g/mol. The Bertz CT molecular complexity index is 269. The van der Waals surface area contributed by atoms with Gasteiger partial charge in [-0.2, -0.15) is 0 Å². The lowest BCUT2D eigenvalue weighted by Crippen LogP contribution is -2.41. The second-order valence-corrected chi connectivity index (χ2v) is 3.19. The van der Waals surface area contributed by atoms with Crippen molar-refractivity contribution in [3.05, 3.63) is 0 Å². The second kappa shape index (κ2) is 9.51. The highest BCUT2D eigenvalue weighted by molar-refractivity contribution is 5.77. The lowest BCUT2D eigenvalue weighted by molar-refractivity contribution is -0.140. The molecule has 0 aromatic heterocycles. The number of primary amides is 1.